The molecular formula is C50H31N3O. The summed E-state index contributed by atoms with van der Waals surface area (Å²) >= 11 is 0. The van der Waals surface area contributed by atoms with Crippen molar-refractivity contribution in [3.63, 3.8) is 0 Å². The molecule has 252 valence electrons. The van der Waals surface area contributed by atoms with Crippen LogP contribution in [-0.4, -0.2) is 15.0 Å². The van der Waals surface area contributed by atoms with Gasteiger partial charge in [0.15, 0.2) is 5.82 Å². The average molecular weight is 690 g/mol. The average Bonchev–Trinajstić information content (AvgIpc) is 3.54. The monoisotopic (exact) mass is 689 g/mol. The molecular weight excluding hydrogens is 659 g/mol. The van der Waals surface area contributed by atoms with Crippen molar-refractivity contribution in [2.24, 2.45) is 0 Å². The number of hydrogen-bond acceptors (Lipinski definition) is 4. The fourth-order valence-corrected chi connectivity index (χ4v) is 8.67. The Labute approximate surface area is 313 Å². The van der Waals surface area contributed by atoms with Crippen molar-refractivity contribution in [3.05, 3.63) is 211 Å². The first-order chi connectivity index (χ1) is 26.8. The largest absolute Gasteiger partial charge is 0.457 e. The lowest BCUT2D eigenvalue weighted by molar-refractivity contribution is 0.437. The molecule has 4 heteroatoms. The van der Waals surface area contributed by atoms with E-state index in [1.807, 2.05) is 36.7 Å². The SMILES string of the molecule is c1ccc(-c2ccnc(-c3ccc4c(c3)Oc3cc(-c5ccc(-c6nccc7ccccc67)cc5)ccc3C43c4ccccc4-c4ccccc43)n2)cc1. The maximum atomic E-state index is 7.01. The quantitative estimate of drug-likeness (QED) is 0.185. The van der Waals surface area contributed by atoms with Gasteiger partial charge in [-0.1, -0.05) is 152 Å². The number of rotatable bonds is 4. The Morgan fingerprint density at radius 3 is 1.76 bits per heavy atom. The van der Waals surface area contributed by atoms with Gasteiger partial charge in [0.05, 0.1) is 16.8 Å². The zero-order valence-corrected chi connectivity index (χ0v) is 29.1. The minimum Gasteiger partial charge on any atom is -0.457 e. The van der Waals surface area contributed by atoms with E-state index in [1.165, 1.54) is 27.6 Å². The van der Waals surface area contributed by atoms with Crippen molar-refractivity contribution < 1.29 is 4.74 Å². The molecule has 9 aromatic rings. The van der Waals surface area contributed by atoms with Crippen molar-refractivity contribution in [2.45, 2.75) is 5.41 Å². The highest BCUT2D eigenvalue weighted by Crippen LogP contribution is 2.62. The van der Waals surface area contributed by atoms with Gasteiger partial charge in [-0.2, -0.15) is 0 Å². The van der Waals surface area contributed by atoms with Gasteiger partial charge < -0.3 is 4.74 Å². The number of benzene rings is 7. The van der Waals surface area contributed by atoms with Crippen LogP contribution in [0.25, 0.3) is 66.9 Å². The third-order valence-corrected chi connectivity index (χ3v) is 11.1. The van der Waals surface area contributed by atoms with Gasteiger partial charge in [-0.15, -0.1) is 0 Å². The van der Waals surface area contributed by atoms with Crippen LogP contribution in [-0.2, 0) is 5.41 Å². The fourth-order valence-electron chi connectivity index (χ4n) is 8.67. The van der Waals surface area contributed by atoms with Gasteiger partial charge in [0.25, 0.3) is 0 Å². The summed E-state index contributed by atoms with van der Waals surface area (Å²) in [5, 5.41) is 2.33. The molecule has 1 spiro atoms. The molecule has 7 aromatic carbocycles. The first kappa shape index (κ1) is 30.5. The number of nitrogens with zero attached hydrogens (tertiary/aromatic N) is 3. The van der Waals surface area contributed by atoms with E-state index in [9.17, 15) is 0 Å². The van der Waals surface area contributed by atoms with Crippen LogP contribution in [0.5, 0.6) is 11.5 Å². The minimum absolute atomic E-state index is 0.566. The highest BCUT2D eigenvalue weighted by Gasteiger charge is 2.51. The van der Waals surface area contributed by atoms with Crippen LogP contribution >= 0.6 is 0 Å². The summed E-state index contributed by atoms with van der Waals surface area (Å²) in [6.45, 7) is 0. The lowest BCUT2D eigenvalue weighted by Gasteiger charge is -2.39. The second-order valence-electron chi connectivity index (χ2n) is 14.0. The first-order valence-electron chi connectivity index (χ1n) is 18.3. The van der Waals surface area contributed by atoms with Crippen molar-refractivity contribution in [3.8, 4) is 67.7 Å². The Morgan fingerprint density at radius 1 is 0.407 bits per heavy atom. The second-order valence-corrected chi connectivity index (χ2v) is 14.0. The van der Waals surface area contributed by atoms with Gasteiger partial charge in [0, 0.05) is 45.6 Å². The van der Waals surface area contributed by atoms with E-state index >= 15 is 0 Å². The molecule has 0 saturated carbocycles. The van der Waals surface area contributed by atoms with E-state index in [-0.39, 0.29) is 0 Å². The molecule has 1 aliphatic heterocycles. The molecule has 11 rings (SSSR count). The Balaban J connectivity index is 1.07. The fraction of sp³-hybridized carbons (Fsp3) is 0.0200. The highest BCUT2D eigenvalue weighted by atomic mass is 16.5. The molecule has 3 heterocycles. The Hall–Kier alpha value is -7.17. The molecule has 4 nitrogen and oxygen atoms in total. The van der Waals surface area contributed by atoms with Crippen LogP contribution in [0.4, 0.5) is 0 Å². The lowest BCUT2D eigenvalue weighted by atomic mass is 9.66. The third-order valence-electron chi connectivity index (χ3n) is 11.1. The van der Waals surface area contributed by atoms with Gasteiger partial charge in [-0.05, 0) is 63.0 Å². The summed E-state index contributed by atoms with van der Waals surface area (Å²) in [4.78, 5) is 14.5. The van der Waals surface area contributed by atoms with Crippen LogP contribution in [0.2, 0.25) is 0 Å². The Kier molecular flexibility index (Phi) is 6.73. The molecule has 0 saturated heterocycles. The zero-order valence-electron chi connectivity index (χ0n) is 29.1. The van der Waals surface area contributed by atoms with Crippen molar-refractivity contribution >= 4 is 10.8 Å². The van der Waals surface area contributed by atoms with Gasteiger partial charge in [-0.3, -0.25) is 4.98 Å². The minimum atomic E-state index is -0.566. The van der Waals surface area contributed by atoms with Gasteiger partial charge >= 0.3 is 0 Å². The Morgan fingerprint density at radius 2 is 1.00 bits per heavy atom. The molecule has 0 radical (unpaired) electrons. The Bertz CT molecular complexity index is 2870. The van der Waals surface area contributed by atoms with Crippen LogP contribution in [0, 0.1) is 0 Å². The number of fused-ring (bicyclic) bond motifs is 10. The van der Waals surface area contributed by atoms with Crippen molar-refractivity contribution in [1.29, 1.82) is 0 Å². The summed E-state index contributed by atoms with van der Waals surface area (Å²) in [5.74, 6) is 2.29. The first-order valence-corrected chi connectivity index (χ1v) is 18.3. The van der Waals surface area contributed by atoms with E-state index in [1.54, 1.807) is 0 Å². The second kappa shape index (κ2) is 11.9. The maximum absolute atomic E-state index is 7.01. The number of ether oxygens (including phenoxy) is 1. The van der Waals surface area contributed by atoms with Gasteiger partial charge in [0.2, 0.25) is 0 Å². The molecule has 0 fully saturated rings. The molecule has 0 unspecified atom stereocenters. The topological polar surface area (TPSA) is 47.9 Å². The smallest absolute Gasteiger partial charge is 0.159 e. The third kappa shape index (κ3) is 4.53. The summed E-state index contributed by atoms with van der Waals surface area (Å²) in [5.41, 5.74) is 13.8. The molecule has 0 atom stereocenters. The number of pyridine rings is 1. The number of aromatic nitrogens is 3. The molecule has 2 aliphatic rings. The summed E-state index contributed by atoms with van der Waals surface area (Å²) in [7, 11) is 0. The standard InChI is InChI=1S/C50H31N3O/c1-2-11-34(12-3-1)45-27-29-52-49(53-45)37-23-25-44-47(31-37)54-46-30-36(32-18-20-35(21-19-32)48-38-13-5-4-10-33(38)26-28-51-48)22-24-43(46)50(44)41-16-8-6-14-39(41)40-15-7-9-17-42(40)50/h1-31H. The maximum Gasteiger partial charge on any atom is 0.159 e. The summed E-state index contributed by atoms with van der Waals surface area (Å²) in [6, 6.07) is 62.2. The normalized spacial score (nSPS) is 13.1. The van der Waals surface area contributed by atoms with Crippen LogP contribution in [0.15, 0.2) is 188 Å². The number of hydrogen-bond donors (Lipinski definition) is 0. The van der Waals surface area contributed by atoms with Gasteiger partial charge in [-0.25, -0.2) is 9.97 Å². The van der Waals surface area contributed by atoms with Crippen LogP contribution in [0.3, 0.4) is 0 Å². The molecule has 0 N–H and O–H groups in total. The molecule has 1 aliphatic carbocycles. The molecule has 0 bridgehead atoms. The highest BCUT2D eigenvalue weighted by molar-refractivity contribution is 5.95. The van der Waals surface area contributed by atoms with Crippen molar-refractivity contribution in [1.82, 2.24) is 15.0 Å². The zero-order chi connectivity index (χ0) is 35.6. The summed E-state index contributed by atoms with van der Waals surface area (Å²) in [6.07, 6.45) is 3.72. The molecule has 54 heavy (non-hydrogen) atoms. The van der Waals surface area contributed by atoms with E-state index in [0.29, 0.717) is 5.82 Å². The van der Waals surface area contributed by atoms with E-state index in [2.05, 4.69) is 152 Å². The van der Waals surface area contributed by atoms with E-state index in [4.69, 9.17) is 19.7 Å². The van der Waals surface area contributed by atoms with Crippen molar-refractivity contribution in [2.75, 3.05) is 0 Å². The van der Waals surface area contributed by atoms with Crippen LogP contribution in [0.1, 0.15) is 22.3 Å². The van der Waals surface area contributed by atoms with E-state index < -0.39 is 5.41 Å². The lowest BCUT2D eigenvalue weighted by Crippen LogP contribution is -2.32. The predicted octanol–water partition coefficient (Wildman–Crippen LogP) is 12.2. The predicted molar refractivity (Wildman–Crippen MR) is 216 cm³/mol. The molecule has 0 amide bonds. The van der Waals surface area contributed by atoms with Gasteiger partial charge in [0.1, 0.15) is 11.5 Å². The molecule has 2 aromatic heterocycles. The van der Waals surface area contributed by atoms with E-state index in [0.717, 1.165) is 67.2 Å². The van der Waals surface area contributed by atoms with Crippen LogP contribution < -0.4 is 4.74 Å². The summed E-state index contributed by atoms with van der Waals surface area (Å²) < 4.78 is 7.01.